The minimum atomic E-state index is 0. The van der Waals surface area contributed by atoms with Gasteiger partial charge in [0.2, 0.25) is 0 Å². The maximum atomic E-state index is 9.85. The molecule has 0 amide bonds. The zero-order valence-corrected chi connectivity index (χ0v) is 4.92. The van der Waals surface area contributed by atoms with Crippen LogP contribution >= 0.6 is 0 Å². The number of dihydropyridines is 1. The van der Waals surface area contributed by atoms with E-state index < -0.39 is 0 Å². The van der Waals surface area contributed by atoms with Gasteiger partial charge in [0.25, 0.3) is 0 Å². The number of hydrogen-bond donors (Lipinski definition) is 2. The molecule has 0 unspecified atom stereocenters. The summed E-state index contributed by atoms with van der Waals surface area (Å²) in [4.78, 5) is 9.85. The second kappa shape index (κ2) is 3.66. The molecule has 0 bridgehead atoms. The van der Waals surface area contributed by atoms with Gasteiger partial charge >= 0.3 is 0 Å². The van der Waals surface area contributed by atoms with Crippen LogP contribution in [-0.4, -0.2) is 5.94 Å². The molecule has 0 atom stereocenters. The minimum absolute atomic E-state index is 0. The fourth-order valence-corrected chi connectivity index (χ4v) is 0.457. The molecule has 3 nitrogen and oxygen atoms in total. The quantitative estimate of drug-likeness (QED) is 0.463. The van der Waals surface area contributed by atoms with E-state index in [1.54, 1.807) is 30.4 Å². The minimum Gasteiger partial charge on any atom is -0.353 e. The molecule has 1 heterocycles. The van der Waals surface area contributed by atoms with Crippen molar-refractivity contribution in [1.29, 1.82) is 0 Å². The Bertz CT molecular complexity index is 187. The third-order valence-corrected chi connectivity index (χ3v) is 0.819. The summed E-state index contributed by atoms with van der Waals surface area (Å²) in [6, 6.07) is 0. The third kappa shape index (κ3) is 1.95. The van der Waals surface area contributed by atoms with Gasteiger partial charge in [-0.05, 0) is 12.2 Å². The molecule has 3 heteroatoms. The monoisotopic (exact) mass is 124 g/mol. The number of carbonyl (C=O) groups excluding carboxylic acids is 1. The van der Waals surface area contributed by atoms with Gasteiger partial charge in [0, 0.05) is 6.20 Å². The topological polar surface area (TPSA) is 64.1 Å². The maximum Gasteiger partial charge on any atom is 0.150 e. The summed E-state index contributed by atoms with van der Waals surface area (Å²) in [5, 5.41) is 2.69. The van der Waals surface area contributed by atoms with Crippen LogP contribution in [-0.2, 0) is 4.79 Å². The standard InChI is InChI=1S/C6H5NO.H3N/c8-5-6-3-1-2-4-7-6;/h1-4,7H;1H3. The van der Waals surface area contributed by atoms with Crippen molar-refractivity contribution < 1.29 is 4.79 Å². The average Bonchev–Trinajstić information content (AvgIpc) is 1.90. The number of rotatable bonds is 0. The molecule has 0 fully saturated rings. The van der Waals surface area contributed by atoms with Gasteiger partial charge in [0.1, 0.15) is 5.70 Å². The predicted octanol–water partition coefficient (Wildman–Crippen LogP) is 0.537. The summed E-state index contributed by atoms with van der Waals surface area (Å²) in [6.07, 6.45) is 6.92. The highest BCUT2D eigenvalue weighted by Gasteiger charge is 1.87. The molecule has 9 heavy (non-hydrogen) atoms. The molecular weight excluding hydrogens is 116 g/mol. The predicted molar refractivity (Wildman–Crippen MR) is 35.6 cm³/mol. The van der Waals surface area contributed by atoms with Crippen molar-refractivity contribution in [3.8, 4) is 0 Å². The van der Waals surface area contributed by atoms with E-state index in [0.29, 0.717) is 5.70 Å². The van der Waals surface area contributed by atoms with Crippen molar-refractivity contribution in [2.75, 3.05) is 0 Å². The van der Waals surface area contributed by atoms with Gasteiger partial charge in [-0.25, -0.2) is 4.79 Å². The fourth-order valence-electron chi connectivity index (χ4n) is 0.457. The second-order valence-corrected chi connectivity index (χ2v) is 1.38. The summed E-state index contributed by atoms with van der Waals surface area (Å²) in [7, 11) is 0. The fraction of sp³-hybridized carbons (Fsp3) is 0. The largest absolute Gasteiger partial charge is 0.353 e. The van der Waals surface area contributed by atoms with Crippen LogP contribution in [0.4, 0.5) is 0 Å². The van der Waals surface area contributed by atoms with E-state index >= 15 is 0 Å². The first-order valence-corrected chi connectivity index (χ1v) is 2.28. The van der Waals surface area contributed by atoms with Crippen LogP contribution in [0.3, 0.4) is 0 Å². The molecule has 0 aliphatic carbocycles. The molecule has 0 aromatic heterocycles. The number of hydrogen-bond acceptors (Lipinski definition) is 3. The summed E-state index contributed by atoms with van der Waals surface area (Å²) in [6.45, 7) is 0. The zero-order chi connectivity index (χ0) is 5.82. The Morgan fingerprint density at radius 2 is 2.22 bits per heavy atom. The van der Waals surface area contributed by atoms with E-state index in [4.69, 9.17) is 0 Å². The van der Waals surface area contributed by atoms with E-state index in [0.717, 1.165) is 0 Å². The third-order valence-electron chi connectivity index (χ3n) is 0.819. The van der Waals surface area contributed by atoms with Crippen LogP contribution in [0.1, 0.15) is 0 Å². The lowest BCUT2D eigenvalue weighted by molar-refractivity contribution is 0.566. The van der Waals surface area contributed by atoms with Gasteiger partial charge in [-0.1, -0.05) is 6.08 Å². The Morgan fingerprint density at radius 3 is 2.56 bits per heavy atom. The van der Waals surface area contributed by atoms with E-state index in [1.165, 1.54) is 0 Å². The van der Waals surface area contributed by atoms with Crippen molar-refractivity contribution in [3.63, 3.8) is 0 Å². The highest BCUT2D eigenvalue weighted by molar-refractivity contribution is 5.57. The van der Waals surface area contributed by atoms with Crippen LogP contribution in [0.15, 0.2) is 30.1 Å². The molecule has 0 spiro atoms. The van der Waals surface area contributed by atoms with Gasteiger partial charge < -0.3 is 11.5 Å². The van der Waals surface area contributed by atoms with Crippen LogP contribution in [0.25, 0.3) is 0 Å². The normalized spacial score (nSPS) is 13.6. The Morgan fingerprint density at radius 1 is 1.44 bits per heavy atom. The second-order valence-electron chi connectivity index (χ2n) is 1.38. The van der Waals surface area contributed by atoms with E-state index in [-0.39, 0.29) is 6.15 Å². The molecule has 4 N–H and O–H groups in total. The summed E-state index contributed by atoms with van der Waals surface area (Å²) in [5.74, 6) is 1.72. The lowest BCUT2D eigenvalue weighted by atomic mass is 10.3. The van der Waals surface area contributed by atoms with Crippen molar-refractivity contribution in [2.45, 2.75) is 0 Å². The van der Waals surface area contributed by atoms with E-state index in [1.807, 2.05) is 0 Å². The maximum absolute atomic E-state index is 9.85. The first-order chi connectivity index (χ1) is 3.93. The van der Waals surface area contributed by atoms with Gasteiger partial charge in [0.05, 0.1) is 0 Å². The lowest BCUT2D eigenvalue weighted by Crippen LogP contribution is -2.04. The van der Waals surface area contributed by atoms with Crippen LogP contribution < -0.4 is 11.5 Å². The van der Waals surface area contributed by atoms with Gasteiger partial charge in [-0.2, -0.15) is 0 Å². The Kier molecular flexibility index (Phi) is 3.13. The molecule has 0 saturated carbocycles. The average molecular weight is 124 g/mol. The molecule has 1 aliphatic rings. The van der Waals surface area contributed by atoms with Crippen molar-refractivity contribution in [2.24, 2.45) is 0 Å². The van der Waals surface area contributed by atoms with E-state index in [9.17, 15) is 4.79 Å². The smallest absolute Gasteiger partial charge is 0.150 e. The molecule has 0 radical (unpaired) electrons. The summed E-state index contributed by atoms with van der Waals surface area (Å²) in [5.41, 5.74) is 0.479. The van der Waals surface area contributed by atoms with E-state index in [2.05, 4.69) is 5.32 Å². The molecule has 0 aromatic rings. The molecule has 48 valence electrons. The van der Waals surface area contributed by atoms with Crippen LogP contribution in [0.2, 0.25) is 0 Å². The molecule has 0 aromatic carbocycles. The van der Waals surface area contributed by atoms with Gasteiger partial charge in [-0.15, -0.1) is 0 Å². The number of allylic oxidation sites excluding steroid dienone is 3. The van der Waals surface area contributed by atoms with Crippen LogP contribution in [0, 0.1) is 0 Å². The Hall–Kier alpha value is -1.31. The lowest BCUT2D eigenvalue weighted by Gasteiger charge is -1.97. The Balaban J connectivity index is 0.000000640. The van der Waals surface area contributed by atoms with Gasteiger partial charge in [-0.3, -0.25) is 0 Å². The Labute approximate surface area is 53.3 Å². The van der Waals surface area contributed by atoms with Crippen molar-refractivity contribution >= 4 is 5.94 Å². The first-order valence-electron chi connectivity index (χ1n) is 2.28. The molecule has 1 aliphatic heterocycles. The SMILES string of the molecule is N.O=C=C1C=CC=CN1. The van der Waals surface area contributed by atoms with Crippen molar-refractivity contribution in [1.82, 2.24) is 11.5 Å². The zero-order valence-electron chi connectivity index (χ0n) is 4.92. The first kappa shape index (κ1) is 7.69. The highest BCUT2D eigenvalue weighted by Crippen LogP contribution is 1.91. The molecular formula is C6H8N2O. The number of nitrogens with one attached hydrogen (secondary N) is 1. The summed E-state index contributed by atoms with van der Waals surface area (Å²) < 4.78 is 0. The molecule has 1 rings (SSSR count). The van der Waals surface area contributed by atoms with Crippen molar-refractivity contribution in [3.05, 3.63) is 30.1 Å². The van der Waals surface area contributed by atoms with Crippen LogP contribution in [0.5, 0.6) is 0 Å². The highest BCUT2D eigenvalue weighted by atomic mass is 16.1. The van der Waals surface area contributed by atoms with Gasteiger partial charge in [0.15, 0.2) is 5.94 Å². The molecule has 0 saturated heterocycles. The summed E-state index contributed by atoms with van der Waals surface area (Å²) >= 11 is 0.